The highest BCUT2D eigenvalue weighted by molar-refractivity contribution is 7.98. The van der Waals surface area contributed by atoms with Crippen LogP contribution in [0.3, 0.4) is 0 Å². The number of hydrogen-bond donors (Lipinski definition) is 0. The van der Waals surface area contributed by atoms with E-state index in [2.05, 4.69) is 9.55 Å². The number of aryl methyl sites for hydroxylation is 1. The summed E-state index contributed by atoms with van der Waals surface area (Å²) >= 11 is 13.8. The molecule has 0 spiro atoms. The normalized spacial score (nSPS) is 11.0. The van der Waals surface area contributed by atoms with Crippen LogP contribution in [0.25, 0.3) is 16.9 Å². The van der Waals surface area contributed by atoms with Gasteiger partial charge in [-0.1, -0.05) is 47.1 Å². The number of nitrogens with zero attached hydrogens (tertiary/aromatic N) is 3. The Morgan fingerprint density at radius 3 is 2.26 bits per heavy atom. The smallest absolute Gasteiger partial charge is 0.173 e. The van der Waals surface area contributed by atoms with Crippen molar-refractivity contribution in [1.82, 2.24) is 14.5 Å². The molecule has 4 rings (SSSR count). The Morgan fingerprint density at radius 2 is 1.61 bits per heavy atom. The van der Waals surface area contributed by atoms with Gasteiger partial charge in [0, 0.05) is 50.6 Å². The van der Waals surface area contributed by atoms with Gasteiger partial charge in [0.05, 0.1) is 18.5 Å². The molecular weight excluding hydrogens is 449 g/mol. The first-order valence-corrected chi connectivity index (χ1v) is 11.4. The molecule has 0 bridgehead atoms. The average Bonchev–Trinajstić information content (AvgIpc) is 3.19. The third-order valence-corrected chi connectivity index (χ3v) is 6.47. The van der Waals surface area contributed by atoms with E-state index < -0.39 is 0 Å². The summed E-state index contributed by atoms with van der Waals surface area (Å²) in [6.45, 7) is 4.04. The van der Waals surface area contributed by atoms with Gasteiger partial charge in [-0.25, -0.2) is 4.98 Å². The molecule has 0 N–H and O–H groups in total. The van der Waals surface area contributed by atoms with Gasteiger partial charge in [0.15, 0.2) is 5.16 Å². The molecule has 0 aliphatic carbocycles. The maximum absolute atomic E-state index is 6.09. The monoisotopic (exact) mass is 469 g/mol. The second kappa shape index (κ2) is 9.35. The highest BCUT2D eigenvalue weighted by atomic mass is 35.5. The van der Waals surface area contributed by atoms with Crippen molar-refractivity contribution in [1.29, 1.82) is 0 Å². The fourth-order valence-electron chi connectivity index (χ4n) is 3.36. The van der Waals surface area contributed by atoms with E-state index in [0.29, 0.717) is 15.8 Å². The summed E-state index contributed by atoms with van der Waals surface area (Å²) in [5, 5.41) is 2.26. The van der Waals surface area contributed by atoms with Gasteiger partial charge in [0.1, 0.15) is 5.75 Å². The predicted molar refractivity (Wildman–Crippen MR) is 129 cm³/mol. The number of ether oxygens (including phenoxy) is 1. The van der Waals surface area contributed by atoms with E-state index in [0.717, 1.165) is 44.7 Å². The summed E-state index contributed by atoms with van der Waals surface area (Å²) in [6, 6.07) is 15.4. The van der Waals surface area contributed by atoms with Gasteiger partial charge in [-0.3, -0.25) is 9.55 Å². The number of benzene rings is 2. The van der Waals surface area contributed by atoms with Crippen molar-refractivity contribution in [3.8, 4) is 22.7 Å². The first-order chi connectivity index (χ1) is 15.0. The summed E-state index contributed by atoms with van der Waals surface area (Å²) < 4.78 is 7.63. The van der Waals surface area contributed by atoms with E-state index in [4.69, 9.17) is 32.9 Å². The maximum atomic E-state index is 6.09. The molecule has 4 nitrogen and oxygen atoms in total. The van der Waals surface area contributed by atoms with Crippen LogP contribution in [0.1, 0.15) is 16.8 Å². The number of halogens is 2. The van der Waals surface area contributed by atoms with E-state index in [1.54, 1.807) is 18.9 Å². The lowest BCUT2D eigenvalue weighted by molar-refractivity contribution is 0.407. The molecule has 0 unspecified atom stereocenters. The van der Waals surface area contributed by atoms with Gasteiger partial charge in [0.2, 0.25) is 0 Å². The summed E-state index contributed by atoms with van der Waals surface area (Å²) in [4.78, 5) is 9.52. The molecule has 2 heterocycles. The van der Waals surface area contributed by atoms with Gasteiger partial charge in [-0.15, -0.1) is 0 Å². The van der Waals surface area contributed by atoms with Crippen LogP contribution in [0, 0.1) is 13.8 Å². The highest BCUT2D eigenvalue weighted by Gasteiger charge is 2.15. The molecule has 31 heavy (non-hydrogen) atoms. The van der Waals surface area contributed by atoms with Gasteiger partial charge >= 0.3 is 0 Å². The Bertz CT molecular complexity index is 1200. The second-order valence-corrected chi connectivity index (χ2v) is 8.91. The van der Waals surface area contributed by atoms with Crippen molar-refractivity contribution in [3.63, 3.8) is 0 Å². The van der Waals surface area contributed by atoms with E-state index >= 15 is 0 Å². The molecule has 0 aliphatic rings. The number of hydrogen-bond acceptors (Lipinski definition) is 4. The van der Waals surface area contributed by atoms with Crippen LogP contribution in [0.15, 0.2) is 66.1 Å². The Kier molecular flexibility index (Phi) is 6.56. The fourth-order valence-corrected chi connectivity index (χ4v) is 4.63. The number of aromatic nitrogens is 3. The van der Waals surface area contributed by atoms with Crippen LogP contribution >= 0.6 is 35.0 Å². The molecule has 0 saturated carbocycles. The topological polar surface area (TPSA) is 39.9 Å². The highest BCUT2D eigenvalue weighted by Crippen LogP contribution is 2.32. The van der Waals surface area contributed by atoms with Crippen LogP contribution in [0.4, 0.5) is 0 Å². The molecule has 0 aliphatic heterocycles. The zero-order valence-corrected chi connectivity index (χ0v) is 19.7. The van der Waals surface area contributed by atoms with Crippen molar-refractivity contribution in [3.05, 3.63) is 87.8 Å². The summed E-state index contributed by atoms with van der Waals surface area (Å²) in [7, 11) is 1.69. The predicted octanol–water partition coefficient (Wildman–Crippen LogP) is 7.16. The van der Waals surface area contributed by atoms with Gasteiger partial charge < -0.3 is 4.74 Å². The Hall–Kier alpha value is -2.47. The third kappa shape index (κ3) is 4.74. The molecule has 2 aromatic carbocycles. The minimum atomic E-state index is 0.674. The Labute approximate surface area is 196 Å². The van der Waals surface area contributed by atoms with Crippen LogP contribution in [0.2, 0.25) is 10.0 Å². The molecule has 158 valence electrons. The lowest BCUT2D eigenvalue weighted by Gasteiger charge is -2.12. The zero-order chi connectivity index (χ0) is 22.0. The third-order valence-electron chi connectivity index (χ3n) is 5.01. The number of imidazole rings is 1. The van der Waals surface area contributed by atoms with Crippen LogP contribution in [-0.4, -0.2) is 21.6 Å². The fraction of sp³-hybridized carbons (Fsp3) is 0.167. The van der Waals surface area contributed by atoms with Crippen molar-refractivity contribution in [2.24, 2.45) is 0 Å². The van der Waals surface area contributed by atoms with Gasteiger partial charge in [-0.05, 0) is 50.2 Å². The van der Waals surface area contributed by atoms with Gasteiger partial charge in [-0.2, -0.15) is 0 Å². The average molecular weight is 470 g/mol. The Morgan fingerprint density at radius 1 is 0.968 bits per heavy atom. The molecule has 0 atom stereocenters. The zero-order valence-electron chi connectivity index (χ0n) is 17.4. The van der Waals surface area contributed by atoms with E-state index in [1.807, 2.05) is 74.8 Å². The number of rotatable bonds is 6. The molecule has 0 amide bonds. The largest absolute Gasteiger partial charge is 0.496 e. The Balaban J connectivity index is 1.70. The number of methoxy groups -OCH3 is 1. The van der Waals surface area contributed by atoms with E-state index in [1.165, 1.54) is 0 Å². The minimum Gasteiger partial charge on any atom is -0.496 e. The maximum Gasteiger partial charge on any atom is 0.173 e. The van der Waals surface area contributed by atoms with Crippen LogP contribution < -0.4 is 4.74 Å². The SMILES string of the molecule is COc1c(C)cnc(CSc2nc(-c3ccc(Cl)cc3)cn2-c2ccc(Cl)cc2)c1C. The van der Waals surface area contributed by atoms with Crippen LogP contribution in [0.5, 0.6) is 5.75 Å². The van der Waals surface area contributed by atoms with E-state index in [-0.39, 0.29) is 0 Å². The second-order valence-electron chi connectivity index (χ2n) is 7.10. The first kappa shape index (κ1) is 21.8. The van der Waals surface area contributed by atoms with Gasteiger partial charge in [0.25, 0.3) is 0 Å². The summed E-state index contributed by atoms with van der Waals surface area (Å²) in [5.74, 6) is 1.56. The minimum absolute atomic E-state index is 0.674. The van der Waals surface area contributed by atoms with Crippen molar-refractivity contribution in [2.45, 2.75) is 24.8 Å². The van der Waals surface area contributed by atoms with Crippen LogP contribution in [-0.2, 0) is 5.75 Å². The molecular formula is C24H21Cl2N3OS. The molecule has 2 aromatic heterocycles. The molecule has 0 saturated heterocycles. The number of thioether (sulfide) groups is 1. The summed E-state index contributed by atoms with van der Waals surface area (Å²) in [6.07, 6.45) is 3.89. The van der Waals surface area contributed by atoms with Crippen molar-refractivity contribution < 1.29 is 4.74 Å². The molecule has 0 fully saturated rings. The molecule has 4 aromatic rings. The van der Waals surface area contributed by atoms with Crippen molar-refractivity contribution in [2.75, 3.05) is 7.11 Å². The standard InChI is InChI=1S/C24H21Cl2N3OS/c1-15-12-27-22(16(2)23(15)30-3)14-31-24-28-21(17-4-6-18(25)7-5-17)13-29(24)20-10-8-19(26)9-11-20/h4-13H,14H2,1-3H3. The molecule has 7 heteroatoms. The lowest BCUT2D eigenvalue weighted by Crippen LogP contribution is -2.00. The summed E-state index contributed by atoms with van der Waals surface area (Å²) in [5.41, 5.74) is 5.93. The van der Waals surface area contributed by atoms with Crippen molar-refractivity contribution >= 4 is 35.0 Å². The molecule has 0 radical (unpaired) electrons. The quantitative estimate of drug-likeness (QED) is 0.281. The first-order valence-electron chi connectivity index (χ1n) is 9.69. The lowest BCUT2D eigenvalue weighted by atomic mass is 10.1. The number of pyridine rings is 1. The van der Waals surface area contributed by atoms with E-state index in [9.17, 15) is 0 Å².